The minimum Gasteiger partial charge on any atom is -0.444 e. The van der Waals surface area contributed by atoms with Crippen molar-refractivity contribution in [1.29, 1.82) is 0 Å². The third kappa shape index (κ3) is 12.4. The Morgan fingerprint density at radius 2 is 1.48 bits per heavy atom. The summed E-state index contributed by atoms with van der Waals surface area (Å²) in [5, 5.41) is 22.2. The number of hydrogen-bond donors (Lipinski definition) is 4. The maximum absolute atomic E-state index is 12.2. The molecule has 0 saturated heterocycles. The Morgan fingerprint density at radius 3 is 1.92 bits per heavy atom. The van der Waals surface area contributed by atoms with E-state index >= 15 is 0 Å². The molecule has 148 valence electrons. The molecule has 0 fully saturated rings. The molecule has 0 aliphatic carbocycles. The summed E-state index contributed by atoms with van der Waals surface area (Å²) in [6.45, 7) is 9.92. The molecule has 0 aliphatic heterocycles. The van der Waals surface area contributed by atoms with E-state index in [0.717, 1.165) is 4.90 Å². The van der Waals surface area contributed by atoms with Gasteiger partial charge in [-0.2, -0.15) is 0 Å². The lowest BCUT2D eigenvalue weighted by atomic mass is 10.2. The molecule has 9 nitrogen and oxygen atoms in total. The molecule has 9 heteroatoms. The number of hydrogen-bond acceptors (Lipinski definition) is 7. The van der Waals surface area contributed by atoms with Gasteiger partial charge in [0, 0.05) is 13.1 Å². The number of ether oxygens (including phenoxy) is 2. The maximum Gasteiger partial charge on any atom is 0.410 e. The fraction of sp³-hybridized carbons (Fsp3) is 0.875. The number of nitrogens with one attached hydrogen (secondary N) is 1. The second-order valence-corrected chi connectivity index (χ2v) is 7.81. The van der Waals surface area contributed by atoms with Crippen LogP contribution in [0.25, 0.3) is 0 Å². The van der Waals surface area contributed by atoms with Gasteiger partial charge in [-0.25, -0.2) is 9.59 Å². The van der Waals surface area contributed by atoms with E-state index in [-0.39, 0.29) is 26.2 Å². The topological polar surface area (TPSA) is 134 Å². The Kier molecular flexibility index (Phi) is 9.17. The summed E-state index contributed by atoms with van der Waals surface area (Å²) in [5.41, 5.74) is 4.00. The average molecular weight is 363 g/mol. The van der Waals surface area contributed by atoms with E-state index in [1.54, 1.807) is 41.5 Å². The molecular formula is C16H33N3O6. The minimum absolute atomic E-state index is 0.0362. The zero-order chi connectivity index (χ0) is 19.8. The van der Waals surface area contributed by atoms with Crippen LogP contribution in [0.2, 0.25) is 0 Å². The summed E-state index contributed by atoms with van der Waals surface area (Å²) in [7, 11) is 0. The van der Waals surface area contributed by atoms with Gasteiger partial charge in [-0.3, -0.25) is 0 Å². The van der Waals surface area contributed by atoms with Crippen molar-refractivity contribution in [3.8, 4) is 0 Å². The van der Waals surface area contributed by atoms with Crippen LogP contribution >= 0.6 is 0 Å². The summed E-state index contributed by atoms with van der Waals surface area (Å²) in [5.74, 6) is 0. The molecule has 0 bridgehead atoms. The van der Waals surface area contributed by atoms with Crippen LogP contribution in [-0.4, -0.2) is 76.9 Å². The third-order valence-corrected chi connectivity index (χ3v) is 2.67. The highest BCUT2D eigenvalue weighted by Crippen LogP contribution is 2.11. The van der Waals surface area contributed by atoms with E-state index in [1.165, 1.54) is 0 Å². The first-order valence-corrected chi connectivity index (χ1v) is 8.24. The fourth-order valence-corrected chi connectivity index (χ4v) is 1.71. The van der Waals surface area contributed by atoms with Gasteiger partial charge in [0.05, 0.1) is 25.3 Å². The maximum atomic E-state index is 12.2. The van der Waals surface area contributed by atoms with Gasteiger partial charge in [0.1, 0.15) is 11.2 Å². The van der Waals surface area contributed by atoms with E-state index < -0.39 is 35.6 Å². The molecule has 0 aromatic carbocycles. The van der Waals surface area contributed by atoms with Crippen molar-refractivity contribution in [1.82, 2.24) is 10.2 Å². The number of aliphatic hydroxyl groups is 2. The summed E-state index contributed by atoms with van der Waals surface area (Å²) in [4.78, 5) is 24.9. The largest absolute Gasteiger partial charge is 0.444 e. The van der Waals surface area contributed by atoms with Crippen LogP contribution in [0.15, 0.2) is 0 Å². The first-order chi connectivity index (χ1) is 11.2. The van der Waals surface area contributed by atoms with Crippen LogP contribution in [-0.2, 0) is 9.47 Å². The number of carbonyl (C=O) groups excluding carboxylic acids is 2. The van der Waals surface area contributed by atoms with Crippen LogP contribution in [0, 0.1) is 0 Å². The van der Waals surface area contributed by atoms with Crippen LogP contribution < -0.4 is 11.1 Å². The van der Waals surface area contributed by atoms with E-state index in [9.17, 15) is 19.8 Å². The summed E-state index contributed by atoms with van der Waals surface area (Å²) >= 11 is 0. The second-order valence-electron chi connectivity index (χ2n) is 7.81. The zero-order valence-electron chi connectivity index (χ0n) is 16.0. The zero-order valence-corrected chi connectivity index (χ0v) is 16.0. The third-order valence-electron chi connectivity index (χ3n) is 2.67. The predicted octanol–water partition coefficient (Wildman–Crippen LogP) is 0.429. The highest BCUT2D eigenvalue weighted by Gasteiger charge is 2.26. The van der Waals surface area contributed by atoms with Gasteiger partial charge in [0.15, 0.2) is 0 Å². The minimum atomic E-state index is -1.06. The predicted molar refractivity (Wildman–Crippen MR) is 93.1 cm³/mol. The smallest absolute Gasteiger partial charge is 0.410 e. The average Bonchev–Trinajstić information content (AvgIpc) is 2.40. The van der Waals surface area contributed by atoms with Gasteiger partial charge >= 0.3 is 12.2 Å². The number of aliphatic hydroxyl groups excluding tert-OH is 2. The van der Waals surface area contributed by atoms with Gasteiger partial charge in [-0.1, -0.05) is 0 Å². The molecule has 0 radical (unpaired) electrons. The second kappa shape index (κ2) is 9.79. The lowest BCUT2D eigenvalue weighted by molar-refractivity contribution is 0.00362. The number of rotatable bonds is 7. The molecule has 0 spiro atoms. The van der Waals surface area contributed by atoms with Crippen molar-refractivity contribution >= 4 is 12.2 Å². The molecule has 5 N–H and O–H groups in total. The van der Waals surface area contributed by atoms with Crippen LogP contribution in [0.3, 0.4) is 0 Å². The molecule has 0 aromatic rings. The van der Waals surface area contributed by atoms with Gasteiger partial charge in [0.25, 0.3) is 0 Å². The van der Waals surface area contributed by atoms with Crippen molar-refractivity contribution in [2.45, 2.75) is 65.0 Å². The molecule has 0 aromatic heterocycles. The first-order valence-electron chi connectivity index (χ1n) is 8.24. The van der Waals surface area contributed by atoms with E-state index in [2.05, 4.69) is 5.32 Å². The Balaban J connectivity index is 4.67. The molecule has 0 unspecified atom stereocenters. The Hall–Kier alpha value is -1.58. The highest BCUT2D eigenvalue weighted by atomic mass is 16.6. The molecule has 0 heterocycles. The Bertz CT molecular complexity index is 431. The van der Waals surface area contributed by atoms with Crippen molar-refractivity contribution in [2.75, 3.05) is 26.2 Å². The monoisotopic (exact) mass is 363 g/mol. The fourth-order valence-electron chi connectivity index (χ4n) is 1.71. The standard InChI is InChI=1S/C16H33N3O6/c1-15(2,3)24-13(22)18-8-12(21)10-19(9-11(20)7-17)14(23)25-16(4,5)6/h11-12,20-21H,7-10,17H2,1-6H3,(H,18,22)/t11-,12-/m1/s1. The summed E-state index contributed by atoms with van der Waals surface area (Å²) in [6, 6.07) is 0. The lowest BCUT2D eigenvalue weighted by Gasteiger charge is -2.30. The van der Waals surface area contributed by atoms with E-state index in [1.807, 2.05) is 0 Å². The molecule has 2 amide bonds. The Labute approximate surface area is 149 Å². The van der Waals surface area contributed by atoms with Crippen LogP contribution in [0.4, 0.5) is 9.59 Å². The SMILES string of the molecule is CC(C)(C)OC(=O)NC[C@@H](O)CN(C[C@H](O)CN)C(=O)OC(C)(C)C. The van der Waals surface area contributed by atoms with Gasteiger partial charge < -0.3 is 35.6 Å². The van der Waals surface area contributed by atoms with Gasteiger partial charge in [-0.05, 0) is 41.5 Å². The molecular weight excluding hydrogens is 330 g/mol. The van der Waals surface area contributed by atoms with Crippen LogP contribution in [0.5, 0.6) is 0 Å². The molecule has 25 heavy (non-hydrogen) atoms. The number of carbonyl (C=O) groups is 2. The first kappa shape index (κ1) is 23.4. The number of alkyl carbamates (subject to hydrolysis) is 1. The lowest BCUT2D eigenvalue weighted by Crippen LogP contribution is -2.48. The summed E-state index contributed by atoms with van der Waals surface area (Å²) < 4.78 is 10.3. The molecule has 0 rings (SSSR count). The van der Waals surface area contributed by atoms with E-state index in [0.29, 0.717) is 0 Å². The quantitative estimate of drug-likeness (QED) is 0.515. The van der Waals surface area contributed by atoms with Gasteiger partial charge in [0.2, 0.25) is 0 Å². The molecule has 2 atom stereocenters. The molecule has 0 aliphatic rings. The van der Waals surface area contributed by atoms with Crippen molar-refractivity contribution in [3.63, 3.8) is 0 Å². The molecule has 0 saturated carbocycles. The highest BCUT2D eigenvalue weighted by molar-refractivity contribution is 5.68. The van der Waals surface area contributed by atoms with Gasteiger partial charge in [-0.15, -0.1) is 0 Å². The number of nitrogens with zero attached hydrogens (tertiary/aromatic N) is 1. The van der Waals surface area contributed by atoms with Crippen molar-refractivity contribution < 1.29 is 29.3 Å². The van der Waals surface area contributed by atoms with Crippen LogP contribution in [0.1, 0.15) is 41.5 Å². The summed E-state index contributed by atoms with van der Waals surface area (Å²) in [6.07, 6.45) is -3.36. The number of nitrogens with two attached hydrogens (primary N) is 1. The van der Waals surface area contributed by atoms with Crippen molar-refractivity contribution in [3.05, 3.63) is 0 Å². The normalized spacial score (nSPS) is 14.4. The van der Waals surface area contributed by atoms with E-state index in [4.69, 9.17) is 15.2 Å². The Morgan fingerprint density at radius 1 is 1.00 bits per heavy atom. The number of amides is 2. The van der Waals surface area contributed by atoms with Crippen molar-refractivity contribution in [2.24, 2.45) is 5.73 Å².